The minimum absolute atomic E-state index is 0.159. The van der Waals surface area contributed by atoms with E-state index in [4.69, 9.17) is 0 Å². The summed E-state index contributed by atoms with van der Waals surface area (Å²) >= 11 is 0. The molecule has 2 N–H and O–H groups in total. The number of nitrogens with one attached hydrogen (secondary N) is 2. The lowest BCUT2D eigenvalue weighted by molar-refractivity contribution is -0.117. The van der Waals surface area contributed by atoms with Crippen LogP contribution in [0.2, 0.25) is 0 Å². The number of rotatable bonds is 6. The lowest BCUT2D eigenvalue weighted by Gasteiger charge is -2.10. The van der Waals surface area contributed by atoms with Crippen molar-refractivity contribution in [1.82, 2.24) is 15.6 Å². The van der Waals surface area contributed by atoms with Crippen molar-refractivity contribution in [2.45, 2.75) is 0 Å². The molecule has 0 fully saturated rings. The average Bonchev–Trinajstić information content (AvgIpc) is 2.60. The Hall–Kier alpha value is -3.21. The number of nitrogens with zero attached hydrogens (tertiary/aromatic N) is 1. The Balaban J connectivity index is 2.23. The molecule has 1 aromatic carbocycles. The van der Waals surface area contributed by atoms with E-state index in [0.717, 1.165) is 5.56 Å². The predicted octanol–water partition coefficient (Wildman–Crippen LogP) is 2.15. The molecule has 0 aliphatic rings. The Labute approximate surface area is 134 Å². The first kappa shape index (κ1) is 16.2. The summed E-state index contributed by atoms with van der Waals surface area (Å²) in [7, 11) is 0. The van der Waals surface area contributed by atoms with Crippen LogP contribution in [0.15, 0.2) is 73.2 Å². The van der Waals surface area contributed by atoms with E-state index in [1.807, 2.05) is 6.07 Å². The van der Waals surface area contributed by atoms with Gasteiger partial charge in [-0.15, -0.1) is 6.58 Å². The molecule has 0 radical (unpaired) electrons. The van der Waals surface area contributed by atoms with Crippen molar-refractivity contribution in [1.29, 1.82) is 0 Å². The number of hydrogen-bond donors (Lipinski definition) is 2. The quantitative estimate of drug-likeness (QED) is 0.634. The molecule has 116 valence electrons. The Morgan fingerprint density at radius 2 is 1.78 bits per heavy atom. The summed E-state index contributed by atoms with van der Waals surface area (Å²) < 4.78 is 0. The van der Waals surface area contributed by atoms with Crippen LogP contribution in [0.4, 0.5) is 0 Å². The highest BCUT2D eigenvalue weighted by atomic mass is 16.2. The fourth-order valence-corrected chi connectivity index (χ4v) is 1.83. The van der Waals surface area contributed by atoms with Crippen molar-refractivity contribution in [3.8, 4) is 0 Å². The average molecular weight is 307 g/mol. The van der Waals surface area contributed by atoms with Crippen molar-refractivity contribution in [3.05, 3.63) is 84.3 Å². The molecular weight excluding hydrogens is 290 g/mol. The lowest BCUT2D eigenvalue weighted by Crippen LogP contribution is -2.34. The maximum Gasteiger partial charge on any atom is 0.268 e. The smallest absolute Gasteiger partial charge is 0.268 e. The largest absolute Gasteiger partial charge is 0.347 e. The molecular formula is C18H17N3O2. The number of pyridine rings is 1. The van der Waals surface area contributed by atoms with E-state index in [-0.39, 0.29) is 17.5 Å². The lowest BCUT2D eigenvalue weighted by atomic mass is 10.2. The zero-order chi connectivity index (χ0) is 16.5. The molecule has 2 amide bonds. The molecule has 0 spiro atoms. The topological polar surface area (TPSA) is 71.1 Å². The van der Waals surface area contributed by atoms with Crippen molar-refractivity contribution < 1.29 is 9.59 Å². The second kappa shape index (κ2) is 8.29. The van der Waals surface area contributed by atoms with Gasteiger partial charge in [-0.05, 0) is 35.9 Å². The Morgan fingerprint density at radius 1 is 1.09 bits per heavy atom. The zero-order valence-electron chi connectivity index (χ0n) is 12.5. The van der Waals surface area contributed by atoms with Crippen LogP contribution in [0.25, 0.3) is 6.08 Å². The highest BCUT2D eigenvalue weighted by molar-refractivity contribution is 6.05. The van der Waals surface area contributed by atoms with E-state index in [2.05, 4.69) is 22.2 Å². The molecule has 5 heteroatoms. The van der Waals surface area contributed by atoms with Crippen LogP contribution in [-0.2, 0) is 4.79 Å². The van der Waals surface area contributed by atoms with Gasteiger partial charge in [-0.3, -0.25) is 14.6 Å². The summed E-state index contributed by atoms with van der Waals surface area (Å²) in [6.45, 7) is 3.87. The molecule has 1 heterocycles. The molecule has 0 unspecified atom stereocenters. The molecule has 1 aromatic heterocycles. The fraction of sp³-hybridized carbons (Fsp3) is 0.0556. The summed E-state index contributed by atoms with van der Waals surface area (Å²) in [5.41, 5.74) is 1.40. The number of amides is 2. The molecule has 5 nitrogen and oxygen atoms in total. The Morgan fingerprint density at radius 3 is 2.43 bits per heavy atom. The van der Waals surface area contributed by atoms with Crippen molar-refractivity contribution in [2.75, 3.05) is 6.54 Å². The fourth-order valence-electron chi connectivity index (χ4n) is 1.83. The van der Waals surface area contributed by atoms with Crippen LogP contribution in [0.3, 0.4) is 0 Å². The van der Waals surface area contributed by atoms with Gasteiger partial charge in [0.15, 0.2) is 0 Å². The van der Waals surface area contributed by atoms with Crippen LogP contribution in [0.5, 0.6) is 0 Å². The van der Waals surface area contributed by atoms with Gasteiger partial charge in [0.1, 0.15) is 5.70 Å². The molecule has 0 atom stereocenters. The van der Waals surface area contributed by atoms with Crippen LogP contribution in [-0.4, -0.2) is 23.3 Å². The van der Waals surface area contributed by atoms with Gasteiger partial charge in [0, 0.05) is 24.5 Å². The SMILES string of the molecule is C=CCNC(=O)C(=Cc1ccncc1)NC(=O)c1ccccc1. The first-order chi connectivity index (χ1) is 11.2. The number of aromatic nitrogens is 1. The molecule has 2 rings (SSSR count). The van der Waals surface area contributed by atoms with E-state index in [1.165, 1.54) is 0 Å². The van der Waals surface area contributed by atoms with Crippen molar-refractivity contribution in [2.24, 2.45) is 0 Å². The van der Waals surface area contributed by atoms with Gasteiger partial charge >= 0.3 is 0 Å². The minimum Gasteiger partial charge on any atom is -0.347 e. The Kier molecular flexibility index (Phi) is 5.82. The highest BCUT2D eigenvalue weighted by Gasteiger charge is 2.13. The third-order valence-electron chi connectivity index (χ3n) is 2.95. The van der Waals surface area contributed by atoms with Crippen LogP contribution >= 0.6 is 0 Å². The maximum absolute atomic E-state index is 12.3. The first-order valence-electron chi connectivity index (χ1n) is 7.08. The van der Waals surface area contributed by atoms with Gasteiger partial charge in [-0.25, -0.2) is 0 Å². The summed E-state index contributed by atoms with van der Waals surface area (Å²) in [4.78, 5) is 28.4. The highest BCUT2D eigenvalue weighted by Crippen LogP contribution is 2.06. The van der Waals surface area contributed by atoms with Crippen LogP contribution in [0, 0.1) is 0 Å². The first-order valence-corrected chi connectivity index (χ1v) is 7.08. The van der Waals surface area contributed by atoms with Gasteiger partial charge in [0.2, 0.25) is 0 Å². The molecule has 0 bridgehead atoms. The van der Waals surface area contributed by atoms with Gasteiger partial charge in [0.05, 0.1) is 0 Å². The molecule has 23 heavy (non-hydrogen) atoms. The summed E-state index contributed by atoms with van der Waals surface area (Å²) in [5.74, 6) is -0.731. The number of benzene rings is 1. The third kappa shape index (κ3) is 4.93. The van der Waals surface area contributed by atoms with Crippen molar-refractivity contribution >= 4 is 17.9 Å². The summed E-state index contributed by atoms with van der Waals surface area (Å²) in [5, 5.41) is 5.30. The van der Waals surface area contributed by atoms with E-state index in [9.17, 15) is 9.59 Å². The number of hydrogen-bond acceptors (Lipinski definition) is 3. The van der Waals surface area contributed by atoms with E-state index < -0.39 is 0 Å². The molecule has 0 saturated heterocycles. The zero-order valence-corrected chi connectivity index (χ0v) is 12.5. The number of carbonyl (C=O) groups is 2. The maximum atomic E-state index is 12.3. The molecule has 2 aromatic rings. The van der Waals surface area contributed by atoms with E-state index in [1.54, 1.807) is 60.9 Å². The molecule has 0 aliphatic carbocycles. The summed E-state index contributed by atoms with van der Waals surface area (Å²) in [6.07, 6.45) is 6.40. The monoisotopic (exact) mass is 307 g/mol. The van der Waals surface area contributed by atoms with Crippen LogP contribution < -0.4 is 10.6 Å². The normalized spacial score (nSPS) is 10.7. The Bertz CT molecular complexity index is 710. The standard InChI is InChI=1S/C18H17N3O2/c1-2-10-20-18(23)16(13-14-8-11-19-12-9-14)21-17(22)15-6-4-3-5-7-15/h2-9,11-13H,1,10H2,(H,20,23)(H,21,22). The van der Waals surface area contributed by atoms with E-state index in [0.29, 0.717) is 12.1 Å². The second-order valence-electron chi connectivity index (χ2n) is 4.66. The van der Waals surface area contributed by atoms with Gasteiger partial charge in [-0.2, -0.15) is 0 Å². The number of carbonyl (C=O) groups excluding carboxylic acids is 2. The summed E-state index contributed by atoms with van der Waals surface area (Å²) in [6, 6.07) is 12.2. The van der Waals surface area contributed by atoms with E-state index >= 15 is 0 Å². The van der Waals surface area contributed by atoms with Gasteiger partial charge in [-0.1, -0.05) is 24.3 Å². The van der Waals surface area contributed by atoms with Gasteiger partial charge in [0.25, 0.3) is 11.8 Å². The van der Waals surface area contributed by atoms with Crippen molar-refractivity contribution in [3.63, 3.8) is 0 Å². The predicted molar refractivity (Wildman–Crippen MR) is 89.3 cm³/mol. The molecule has 0 aliphatic heterocycles. The van der Waals surface area contributed by atoms with Gasteiger partial charge < -0.3 is 10.6 Å². The van der Waals surface area contributed by atoms with Crippen LogP contribution in [0.1, 0.15) is 15.9 Å². The molecule has 0 saturated carbocycles. The second-order valence-corrected chi connectivity index (χ2v) is 4.66. The third-order valence-corrected chi connectivity index (χ3v) is 2.95. The minimum atomic E-state index is -0.383.